The van der Waals surface area contributed by atoms with Crippen LogP contribution in [0.1, 0.15) is 49.9 Å². The van der Waals surface area contributed by atoms with Crippen molar-refractivity contribution in [3.05, 3.63) is 29.8 Å². The van der Waals surface area contributed by atoms with Gasteiger partial charge in [-0.05, 0) is 76.4 Å². The minimum Gasteiger partial charge on any atom is -0.372 e. The lowest BCUT2D eigenvalue weighted by Crippen LogP contribution is -2.39. The summed E-state index contributed by atoms with van der Waals surface area (Å²) in [6.45, 7) is 9.29. The van der Waals surface area contributed by atoms with Gasteiger partial charge in [-0.2, -0.15) is 0 Å². The van der Waals surface area contributed by atoms with Gasteiger partial charge in [0.2, 0.25) is 0 Å². The summed E-state index contributed by atoms with van der Waals surface area (Å²) in [5, 5.41) is 3.22. The predicted octanol–water partition coefficient (Wildman–Crippen LogP) is 3.38. The fraction of sp³-hybridized carbons (Fsp3) is 0.650. The lowest BCUT2D eigenvalue weighted by Gasteiger charge is -2.32. The van der Waals surface area contributed by atoms with Crippen molar-refractivity contribution in [1.29, 1.82) is 0 Å². The summed E-state index contributed by atoms with van der Waals surface area (Å²) in [5.74, 6) is 0.947. The number of nitrogens with zero attached hydrogens (tertiary/aromatic N) is 2. The standard InChI is InChI=1S/C20H33N3O/c1-4-14-22(5-2)19-8-6-18(7-9-19)20(24)23-15-11-17(12-16-23)10-13-21-3/h6-9,17,21H,4-5,10-16H2,1-3H3. The molecule has 0 unspecified atom stereocenters. The van der Waals surface area contributed by atoms with E-state index in [-0.39, 0.29) is 5.91 Å². The molecule has 1 saturated heterocycles. The van der Waals surface area contributed by atoms with Crippen LogP contribution in [0, 0.1) is 5.92 Å². The second-order valence-electron chi connectivity index (χ2n) is 6.75. The molecule has 0 aliphatic carbocycles. The number of nitrogens with one attached hydrogen (secondary N) is 1. The zero-order chi connectivity index (χ0) is 17.4. The number of carbonyl (C=O) groups excluding carboxylic acids is 1. The smallest absolute Gasteiger partial charge is 0.253 e. The highest BCUT2D eigenvalue weighted by Crippen LogP contribution is 2.22. The average Bonchev–Trinajstić information content (AvgIpc) is 2.64. The van der Waals surface area contributed by atoms with Gasteiger partial charge in [-0.3, -0.25) is 4.79 Å². The largest absolute Gasteiger partial charge is 0.372 e. The van der Waals surface area contributed by atoms with Gasteiger partial charge in [0.05, 0.1) is 0 Å². The van der Waals surface area contributed by atoms with Crippen LogP contribution >= 0.6 is 0 Å². The highest BCUT2D eigenvalue weighted by atomic mass is 16.2. The normalized spacial score (nSPS) is 15.5. The molecule has 0 bridgehead atoms. The first-order valence-corrected chi connectivity index (χ1v) is 9.48. The fourth-order valence-electron chi connectivity index (χ4n) is 3.51. The molecule has 1 amide bonds. The molecule has 0 saturated carbocycles. The molecule has 1 aromatic rings. The van der Waals surface area contributed by atoms with Crippen LogP contribution in [-0.2, 0) is 0 Å². The maximum Gasteiger partial charge on any atom is 0.253 e. The van der Waals surface area contributed by atoms with Gasteiger partial charge in [0.25, 0.3) is 5.91 Å². The van der Waals surface area contributed by atoms with Crippen molar-refractivity contribution in [3.63, 3.8) is 0 Å². The van der Waals surface area contributed by atoms with Crippen molar-refractivity contribution < 1.29 is 4.79 Å². The molecule has 0 atom stereocenters. The number of amides is 1. The van der Waals surface area contributed by atoms with E-state index < -0.39 is 0 Å². The number of piperidine rings is 1. The molecule has 134 valence electrons. The van der Waals surface area contributed by atoms with Crippen molar-refractivity contribution in [2.24, 2.45) is 5.92 Å². The molecule has 0 spiro atoms. The zero-order valence-electron chi connectivity index (χ0n) is 15.6. The van der Waals surface area contributed by atoms with Crippen LogP contribution in [0.2, 0.25) is 0 Å². The van der Waals surface area contributed by atoms with Gasteiger partial charge in [-0.15, -0.1) is 0 Å². The Morgan fingerprint density at radius 2 is 1.88 bits per heavy atom. The highest BCUT2D eigenvalue weighted by molar-refractivity contribution is 5.94. The molecular formula is C20H33N3O. The molecule has 1 heterocycles. The molecule has 4 heteroatoms. The summed E-state index contributed by atoms with van der Waals surface area (Å²) in [7, 11) is 2.00. The van der Waals surface area contributed by atoms with E-state index in [1.54, 1.807) is 0 Å². The Morgan fingerprint density at radius 1 is 1.21 bits per heavy atom. The molecule has 1 aliphatic heterocycles. The Labute approximate surface area is 147 Å². The van der Waals surface area contributed by atoms with E-state index >= 15 is 0 Å². The van der Waals surface area contributed by atoms with E-state index in [2.05, 4.69) is 36.2 Å². The van der Waals surface area contributed by atoms with E-state index in [1.165, 1.54) is 12.1 Å². The number of likely N-dealkylation sites (tertiary alicyclic amines) is 1. The van der Waals surface area contributed by atoms with Crippen molar-refractivity contribution in [3.8, 4) is 0 Å². The fourth-order valence-corrected chi connectivity index (χ4v) is 3.51. The van der Waals surface area contributed by atoms with Crippen molar-refractivity contribution in [2.75, 3.05) is 44.7 Å². The van der Waals surface area contributed by atoms with Gasteiger partial charge in [0.1, 0.15) is 0 Å². The van der Waals surface area contributed by atoms with Crippen LogP contribution in [0.25, 0.3) is 0 Å². The summed E-state index contributed by atoms with van der Waals surface area (Å²) in [6.07, 6.45) is 4.62. The molecule has 2 rings (SSSR count). The molecule has 4 nitrogen and oxygen atoms in total. The van der Waals surface area contributed by atoms with E-state index in [0.29, 0.717) is 0 Å². The lowest BCUT2D eigenvalue weighted by molar-refractivity contribution is 0.0687. The molecule has 0 radical (unpaired) electrons. The van der Waals surface area contributed by atoms with Crippen LogP contribution in [-0.4, -0.2) is 50.6 Å². The Bertz CT molecular complexity index is 492. The van der Waals surface area contributed by atoms with Crippen LogP contribution in [0.3, 0.4) is 0 Å². The second-order valence-corrected chi connectivity index (χ2v) is 6.75. The SMILES string of the molecule is CCCN(CC)c1ccc(C(=O)N2CCC(CCNC)CC2)cc1. The Hall–Kier alpha value is -1.55. The zero-order valence-corrected chi connectivity index (χ0v) is 15.6. The number of benzene rings is 1. The van der Waals surface area contributed by atoms with Gasteiger partial charge >= 0.3 is 0 Å². The molecule has 0 aromatic heterocycles. The first kappa shape index (κ1) is 18.8. The molecule has 1 aliphatic rings. The first-order chi connectivity index (χ1) is 11.7. The summed E-state index contributed by atoms with van der Waals surface area (Å²) >= 11 is 0. The van der Waals surface area contributed by atoms with Gasteiger partial charge < -0.3 is 15.1 Å². The molecule has 24 heavy (non-hydrogen) atoms. The third-order valence-electron chi connectivity index (χ3n) is 5.06. The van der Waals surface area contributed by atoms with Crippen LogP contribution in [0.15, 0.2) is 24.3 Å². The number of hydrogen-bond acceptors (Lipinski definition) is 3. The summed E-state index contributed by atoms with van der Waals surface area (Å²) in [5.41, 5.74) is 2.03. The van der Waals surface area contributed by atoms with Crippen LogP contribution < -0.4 is 10.2 Å². The molecule has 1 aromatic carbocycles. The molecular weight excluding hydrogens is 298 g/mol. The number of rotatable bonds is 8. The number of hydrogen-bond donors (Lipinski definition) is 1. The predicted molar refractivity (Wildman–Crippen MR) is 102 cm³/mol. The number of carbonyl (C=O) groups is 1. The monoisotopic (exact) mass is 331 g/mol. The summed E-state index contributed by atoms with van der Waals surface area (Å²) in [4.78, 5) is 17.1. The average molecular weight is 332 g/mol. The van der Waals surface area contributed by atoms with E-state index in [0.717, 1.165) is 63.5 Å². The van der Waals surface area contributed by atoms with Crippen molar-refractivity contribution in [1.82, 2.24) is 10.2 Å². The van der Waals surface area contributed by atoms with Crippen molar-refractivity contribution >= 4 is 11.6 Å². The Morgan fingerprint density at radius 3 is 2.42 bits per heavy atom. The minimum atomic E-state index is 0.187. The first-order valence-electron chi connectivity index (χ1n) is 9.48. The third-order valence-corrected chi connectivity index (χ3v) is 5.06. The van der Waals surface area contributed by atoms with Gasteiger partial charge in [0.15, 0.2) is 0 Å². The quantitative estimate of drug-likeness (QED) is 0.793. The maximum absolute atomic E-state index is 12.7. The van der Waals surface area contributed by atoms with E-state index in [1.807, 2.05) is 24.1 Å². The summed E-state index contributed by atoms with van der Waals surface area (Å²) in [6, 6.07) is 8.16. The Balaban J connectivity index is 1.91. The molecule has 1 N–H and O–H groups in total. The van der Waals surface area contributed by atoms with Crippen LogP contribution in [0.5, 0.6) is 0 Å². The summed E-state index contributed by atoms with van der Waals surface area (Å²) < 4.78 is 0. The maximum atomic E-state index is 12.7. The van der Waals surface area contributed by atoms with Gasteiger partial charge in [-0.1, -0.05) is 6.92 Å². The second kappa shape index (κ2) is 9.67. The topological polar surface area (TPSA) is 35.6 Å². The minimum absolute atomic E-state index is 0.187. The molecule has 1 fully saturated rings. The number of anilines is 1. The highest BCUT2D eigenvalue weighted by Gasteiger charge is 2.23. The van der Waals surface area contributed by atoms with Gasteiger partial charge in [0, 0.05) is 37.4 Å². The van der Waals surface area contributed by atoms with Gasteiger partial charge in [-0.25, -0.2) is 0 Å². The Kier molecular flexibility index (Phi) is 7.57. The van der Waals surface area contributed by atoms with E-state index in [4.69, 9.17) is 0 Å². The van der Waals surface area contributed by atoms with Crippen molar-refractivity contribution in [2.45, 2.75) is 39.5 Å². The van der Waals surface area contributed by atoms with E-state index in [9.17, 15) is 4.79 Å². The lowest BCUT2D eigenvalue weighted by atomic mass is 9.93. The third kappa shape index (κ3) is 4.97. The van der Waals surface area contributed by atoms with Crippen LogP contribution in [0.4, 0.5) is 5.69 Å².